The van der Waals surface area contributed by atoms with Crippen molar-refractivity contribution in [3.05, 3.63) is 35.4 Å². The predicted octanol–water partition coefficient (Wildman–Crippen LogP) is 2.91. The van der Waals surface area contributed by atoms with E-state index in [9.17, 15) is 4.79 Å². The summed E-state index contributed by atoms with van der Waals surface area (Å²) in [6.07, 6.45) is 2.02. The molecule has 0 amide bonds. The molecule has 0 spiro atoms. The zero-order valence-electron chi connectivity index (χ0n) is 10.8. The highest BCUT2D eigenvalue weighted by atomic mass is 16.5. The van der Waals surface area contributed by atoms with Crippen LogP contribution in [0.25, 0.3) is 0 Å². The van der Waals surface area contributed by atoms with Crippen LogP contribution in [0.3, 0.4) is 0 Å². The molecule has 0 fully saturated rings. The number of nitrogens with two attached hydrogens (primary N) is 1. The number of carbonyl (C=O) groups is 1. The van der Waals surface area contributed by atoms with Gasteiger partial charge in [0.05, 0.1) is 12.7 Å². The zero-order chi connectivity index (χ0) is 12.8. The van der Waals surface area contributed by atoms with Gasteiger partial charge in [-0.05, 0) is 36.5 Å². The van der Waals surface area contributed by atoms with Gasteiger partial charge in [0.2, 0.25) is 0 Å². The Kier molecular flexibility index (Phi) is 5.16. The van der Waals surface area contributed by atoms with Gasteiger partial charge < -0.3 is 10.5 Å². The fourth-order valence-corrected chi connectivity index (χ4v) is 1.69. The van der Waals surface area contributed by atoms with Crippen LogP contribution in [-0.2, 0) is 4.74 Å². The van der Waals surface area contributed by atoms with Gasteiger partial charge in [-0.2, -0.15) is 0 Å². The van der Waals surface area contributed by atoms with E-state index in [4.69, 9.17) is 5.73 Å². The molecule has 0 aromatic heterocycles. The van der Waals surface area contributed by atoms with Crippen molar-refractivity contribution in [2.75, 3.05) is 7.11 Å². The van der Waals surface area contributed by atoms with Crippen molar-refractivity contribution in [2.45, 2.75) is 32.7 Å². The first-order chi connectivity index (χ1) is 8.04. The quantitative estimate of drug-likeness (QED) is 0.798. The van der Waals surface area contributed by atoms with E-state index in [0.717, 1.165) is 18.4 Å². The summed E-state index contributed by atoms with van der Waals surface area (Å²) in [4.78, 5) is 11.4. The molecule has 0 aliphatic heterocycles. The van der Waals surface area contributed by atoms with Gasteiger partial charge in [-0.3, -0.25) is 0 Å². The molecule has 2 N–H and O–H groups in total. The molecule has 1 aromatic carbocycles. The lowest BCUT2D eigenvalue weighted by molar-refractivity contribution is 0.0600. The van der Waals surface area contributed by atoms with Gasteiger partial charge in [-0.25, -0.2) is 4.79 Å². The number of ether oxygens (including phenoxy) is 1. The number of hydrogen-bond donors (Lipinski definition) is 1. The van der Waals surface area contributed by atoms with Crippen molar-refractivity contribution in [1.29, 1.82) is 0 Å². The maximum atomic E-state index is 11.4. The summed E-state index contributed by atoms with van der Waals surface area (Å²) in [6, 6.07) is 7.34. The van der Waals surface area contributed by atoms with Crippen LogP contribution in [-0.4, -0.2) is 13.1 Å². The van der Waals surface area contributed by atoms with Crippen LogP contribution in [0, 0.1) is 5.92 Å². The van der Waals surface area contributed by atoms with Gasteiger partial charge >= 0.3 is 5.97 Å². The van der Waals surface area contributed by atoms with E-state index < -0.39 is 0 Å². The molecule has 0 heterocycles. The summed E-state index contributed by atoms with van der Waals surface area (Å²) in [5.41, 5.74) is 7.66. The molecule has 1 aromatic rings. The van der Waals surface area contributed by atoms with E-state index in [2.05, 4.69) is 18.6 Å². The van der Waals surface area contributed by atoms with Crippen molar-refractivity contribution in [1.82, 2.24) is 0 Å². The van der Waals surface area contributed by atoms with E-state index in [1.165, 1.54) is 7.11 Å². The van der Waals surface area contributed by atoms with Gasteiger partial charge in [-0.1, -0.05) is 26.0 Å². The Hall–Kier alpha value is -1.35. The summed E-state index contributed by atoms with van der Waals surface area (Å²) < 4.78 is 4.69. The average molecular weight is 235 g/mol. The third-order valence-electron chi connectivity index (χ3n) is 2.79. The number of methoxy groups -OCH3 is 1. The van der Waals surface area contributed by atoms with Crippen LogP contribution in [0.4, 0.5) is 0 Å². The number of carbonyl (C=O) groups excluding carboxylic acids is 1. The van der Waals surface area contributed by atoms with Crippen LogP contribution >= 0.6 is 0 Å². The number of rotatable bonds is 5. The highest BCUT2D eigenvalue weighted by Gasteiger charge is 2.10. The van der Waals surface area contributed by atoms with E-state index in [1.54, 1.807) is 6.07 Å². The Morgan fingerprint density at radius 1 is 1.35 bits per heavy atom. The lowest BCUT2D eigenvalue weighted by atomic mass is 9.97. The average Bonchev–Trinajstić information content (AvgIpc) is 2.35. The third-order valence-corrected chi connectivity index (χ3v) is 2.79. The smallest absolute Gasteiger partial charge is 0.337 e. The molecule has 94 valence electrons. The molecular weight excluding hydrogens is 214 g/mol. The molecule has 0 saturated heterocycles. The monoisotopic (exact) mass is 235 g/mol. The topological polar surface area (TPSA) is 52.3 Å². The summed E-state index contributed by atoms with van der Waals surface area (Å²) in [6.45, 7) is 4.36. The fraction of sp³-hybridized carbons (Fsp3) is 0.500. The standard InChI is InChI=1S/C14H21NO2/c1-10(2)7-8-13(15)11-5-4-6-12(9-11)14(16)17-3/h4-6,9-10,13H,7-8,15H2,1-3H3/t13-/m0/s1. The Bertz CT molecular complexity index is 374. The van der Waals surface area contributed by atoms with E-state index in [0.29, 0.717) is 11.5 Å². The van der Waals surface area contributed by atoms with Gasteiger partial charge in [0.25, 0.3) is 0 Å². The van der Waals surface area contributed by atoms with Crippen molar-refractivity contribution >= 4 is 5.97 Å². The zero-order valence-corrected chi connectivity index (χ0v) is 10.8. The number of benzene rings is 1. The van der Waals surface area contributed by atoms with Crippen molar-refractivity contribution < 1.29 is 9.53 Å². The molecule has 3 heteroatoms. The summed E-state index contributed by atoms with van der Waals surface area (Å²) in [7, 11) is 1.38. The van der Waals surface area contributed by atoms with E-state index in [1.807, 2.05) is 18.2 Å². The second-order valence-corrected chi connectivity index (χ2v) is 4.69. The third kappa shape index (κ3) is 4.19. The molecule has 0 aliphatic carbocycles. The SMILES string of the molecule is COC(=O)c1cccc([C@@H](N)CCC(C)C)c1. The Morgan fingerprint density at radius 3 is 2.65 bits per heavy atom. The lowest BCUT2D eigenvalue weighted by Gasteiger charge is -2.14. The Balaban J connectivity index is 2.73. The maximum Gasteiger partial charge on any atom is 0.337 e. The second-order valence-electron chi connectivity index (χ2n) is 4.69. The minimum atomic E-state index is -0.317. The second kappa shape index (κ2) is 6.40. The Labute approximate surface area is 103 Å². The molecule has 1 atom stereocenters. The summed E-state index contributed by atoms with van der Waals surface area (Å²) in [5, 5.41) is 0. The maximum absolute atomic E-state index is 11.4. The summed E-state index contributed by atoms with van der Waals surface area (Å²) in [5.74, 6) is 0.327. The van der Waals surface area contributed by atoms with Crippen molar-refractivity contribution in [3.8, 4) is 0 Å². The van der Waals surface area contributed by atoms with E-state index in [-0.39, 0.29) is 12.0 Å². The minimum Gasteiger partial charge on any atom is -0.465 e. The molecule has 0 unspecified atom stereocenters. The normalized spacial score (nSPS) is 12.5. The highest BCUT2D eigenvalue weighted by Crippen LogP contribution is 2.19. The minimum absolute atomic E-state index is 0.0120. The van der Waals surface area contributed by atoms with Crippen LogP contribution in [0.15, 0.2) is 24.3 Å². The molecule has 1 rings (SSSR count). The molecular formula is C14H21NO2. The van der Waals surface area contributed by atoms with Gasteiger partial charge in [0, 0.05) is 6.04 Å². The highest BCUT2D eigenvalue weighted by molar-refractivity contribution is 5.89. The van der Waals surface area contributed by atoms with Gasteiger partial charge in [-0.15, -0.1) is 0 Å². The molecule has 0 saturated carbocycles. The molecule has 0 radical (unpaired) electrons. The number of esters is 1. The first kappa shape index (κ1) is 13.7. The number of hydrogen-bond acceptors (Lipinski definition) is 3. The van der Waals surface area contributed by atoms with Gasteiger partial charge in [0.15, 0.2) is 0 Å². The van der Waals surface area contributed by atoms with Crippen molar-refractivity contribution in [3.63, 3.8) is 0 Å². The molecule has 17 heavy (non-hydrogen) atoms. The van der Waals surface area contributed by atoms with Crippen LogP contribution in [0.1, 0.15) is 48.7 Å². The fourth-order valence-electron chi connectivity index (χ4n) is 1.69. The predicted molar refractivity (Wildman–Crippen MR) is 68.8 cm³/mol. The molecule has 0 aliphatic rings. The Morgan fingerprint density at radius 2 is 2.06 bits per heavy atom. The van der Waals surface area contributed by atoms with Crippen LogP contribution in [0.5, 0.6) is 0 Å². The first-order valence-corrected chi connectivity index (χ1v) is 5.98. The van der Waals surface area contributed by atoms with Crippen LogP contribution < -0.4 is 5.73 Å². The van der Waals surface area contributed by atoms with Crippen molar-refractivity contribution in [2.24, 2.45) is 11.7 Å². The first-order valence-electron chi connectivity index (χ1n) is 5.98. The summed E-state index contributed by atoms with van der Waals surface area (Å²) >= 11 is 0. The lowest BCUT2D eigenvalue weighted by Crippen LogP contribution is -2.12. The van der Waals surface area contributed by atoms with Crippen LogP contribution in [0.2, 0.25) is 0 Å². The molecule has 0 bridgehead atoms. The molecule has 3 nitrogen and oxygen atoms in total. The largest absolute Gasteiger partial charge is 0.465 e. The van der Waals surface area contributed by atoms with E-state index >= 15 is 0 Å². The van der Waals surface area contributed by atoms with Gasteiger partial charge in [0.1, 0.15) is 0 Å².